The molecule has 0 saturated carbocycles. The first-order valence-corrected chi connectivity index (χ1v) is 7.67. The second kappa shape index (κ2) is 6.16. The van der Waals surface area contributed by atoms with Crippen LogP contribution in [-0.4, -0.2) is 22.1 Å². The summed E-state index contributed by atoms with van der Waals surface area (Å²) in [5.41, 5.74) is 3.87. The van der Waals surface area contributed by atoms with Gasteiger partial charge in [-0.1, -0.05) is 18.2 Å². The van der Waals surface area contributed by atoms with Gasteiger partial charge in [0.05, 0.1) is 0 Å². The van der Waals surface area contributed by atoms with Crippen molar-refractivity contribution in [1.29, 1.82) is 0 Å². The van der Waals surface area contributed by atoms with Gasteiger partial charge in [0.15, 0.2) is 0 Å². The minimum absolute atomic E-state index is 0.0498. The number of benzene rings is 2. The minimum Gasteiger partial charge on any atom is -0.508 e. The van der Waals surface area contributed by atoms with E-state index in [0.29, 0.717) is 12.1 Å². The monoisotopic (exact) mass is 308 g/mol. The summed E-state index contributed by atoms with van der Waals surface area (Å²) in [6, 6.07) is 12.9. The molecule has 3 rings (SSSR count). The van der Waals surface area contributed by atoms with Crippen molar-refractivity contribution in [3.05, 3.63) is 65.4 Å². The van der Waals surface area contributed by atoms with Crippen molar-refractivity contribution < 1.29 is 9.90 Å². The highest BCUT2D eigenvalue weighted by Crippen LogP contribution is 2.25. The number of phenols is 1. The van der Waals surface area contributed by atoms with Gasteiger partial charge in [0.1, 0.15) is 5.75 Å². The number of amides is 1. The Balaban J connectivity index is 1.71. The zero-order valence-electron chi connectivity index (χ0n) is 13.3. The van der Waals surface area contributed by atoms with Crippen LogP contribution in [0.15, 0.2) is 48.7 Å². The molecule has 0 bridgehead atoms. The van der Waals surface area contributed by atoms with E-state index in [1.165, 1.54) is 0 Å². The number of phenolic OH excluding ortho intramolecular Hbond substituents is 1. The van der Waals surface area contributed by atoms with E-state index in [0.717, 1.165) is 28.5 Å². The van der Waals surface area contributed by atoms with Crippen LogP contribution in [0.4, 0.5) is 0 Å². The van der Waals surface area contributed by atoms with Crippen LogP contribution in [0, 0.1) is 6.92 Å². The smallest absolute Gasteiger partial charge is 0.251 e. The fraction of sp³-hybridized carbons (Fsp3) is 0.211. The van der Waals surface area contributed by atoms with E-state index in [1.807, 2.05) is 55.1 Å². The van der Waals surface area contributed by atoms with E-state index in [2.05, 4.69) is 5.32 Å². The van der Waals surface area contributed by atoms with Crippen LogP contribution in [0.25, 0.3) is 10.9 Å². The molecule has 0 aliphatic heterocycles. The number of rotatable bonds is 4. The summed E-state index contributed by atoms with van der Waals surface area (Å²) in [7, 11) is 1.98. The van der Waals surface area contributed by atoms with Gasteiger partial charge >= 0.3 is 0 Å². The van der Waals surface area contributed by atoms with E-state index in [9.17, 15) is 9.90 Å². The lowest BCUT2D eigenvalue weighted by molar-refractivity contribution is 0.0953. The van der Waals surface area contributed by atoms with Gasteiger partial charge < -0.3 is 15.0 Å². The van der Waals surface area contributed by atoms with E-state index < -0.39 is 0 Å². The van der Waals surface area contributed by atoms with Gasteiger partial charge in [0, 0.05) is 36.3 Å². The van der Waals surface area contributed by atoms with Gasteiger partial charge in [-0.05, 0) is 48.7 Å². The number of hydrogen-bond acceptors (Lipinski definition) is 2. The van der Waals surface area contributed by atoms with Crippen molar-refractivity contribution >= 4 is 16.8 Å². The third-order valence-corrected chi connectivity index (χ3v) is 4.13. The zero-order valence-corrected chi connectivity index (χ0v) is 13.3. The third-order valence-electron chi connectivity index (χ3n) is 4.13. The lowest BCUT2D eigenvalue weighted by Gasteiger charge is -2.07. The molecule has 0 aliphatic carbocycles. The summed E-state index contributed by atoms with van der Waals surface area (Å²) in [5.74, 6) is 0.208. The molecule has 3 aromatic rings. The van der Waals surface area contributed by atoms with Crippen LogP contribution < -0.4 is 5.32 Å². The fourth-order valence-electron chi connectivity index (χ4n) is 2.89. The molecule has 2 N–H and O–H groups in total. The Hall–Kier alpha value is -2.75. The molecule has 4 nitrogen and oxygen atoms in total. The van der Waals surface area contributed by atoms with Crippen LogP contribution in [0.3, 0.4) is 0 Å². The minimum atomic E-state index is -0.0498. The molecule has 0 spiro atoms. The summed E-state index contributed by atoms with van der Waals surface area (Å²) in [5, 5.41) is 13.7. The molecule has 0 radical (unpaired) electrons. The molecule has 0 unspecified atom stereocenters. The van der Waals surface area contributed by atoms with Gasteiger partial charge in [0.25, 0.3) is 5.91 Å². The van der Waals surface area contributed by atoms with Crippen molar-refractivity contribution in [2.75, 3.05) is 6.54 Å². The van der Waals surface area contributed by atoms with Crippen molar-refractivity contribution in [1.82, 2.24) is 9.88 Å². The second-order valence-electron chi connectivity index (χ2n) is 5.79. The fourth-order valence-corrected chi connectivity index (χ4v) is 2.89. The van der Waals surface area contributed by atoms with Gasteiger partial charge in [-0.15, -0.1) is 0 Å². The molecule has 1 heterocycles. The van der Waals surface area contributed by atoms with Gasteiger partial charge in [-0.3, -0.25) is 4.79 Å². The summed E-state index contributed by atoms with van der Waals surface area (Å²) < 4.78 is 2.03. The highest BCUT2D eigenvalue weighted by atomic mass is 16.3. The van der Waals surface area contributed by atoms with Crippen LogP contribution in [0.2, 0.25) is 0 Å². The second-order valence-corrected chi connectivity index (χ2v) is 5.79. The van der Waals surface area contributed by atoms with Gasteiger partial charge in [0.2, 0.25) is 0 Å². The lowest BCUT2D eigenvalue weighted by atomic mass is 10.1. The number of aromatic hydroxyl groups is 1. The van der Waals surface area contributed by atoms with Gasteiger partial charge in [-0.25, -0.2) is 0 Å². The number of carbonyl (C=O) groups is 1. The van der Waals surface area contributed by atoms with Crippen LogP contribution in [0.5, 0.6) is 5.75 Å². The zero-order chi connectivity index (χ0) is 16.4. The van der Waals surface area contributed by atoms with Crippen molar-refractivity contribution in [2.45, 2.75) is 13.3 Å². The number of nitrogens with one attached hydrogen (secondary N) is 1. The molecule has 23 heavy (non-hydrogen) atoms. The van der Waals surface area contributed by atoms with Crippen molar-refractivity contribution in [3.63, 3.8) is 0 Å². The Labute approximate surface area is 135 Å². The molecule has 0 saturated heterocycles. The quantitative estimate of drug-likeness (QED) is 0.778. The Bertz CT molecular complexity index is 865. The molecule has 0 fully saturated rings. The van der Waals surface area contributed by atoms with E-state index in [1.54, 1.807) is 12.1 Å². The Morgan fingerprint density at radius 3 is 2.78 bits per heavy atom. The molecule has 1 aromatic heterocycles. The summed E-state index contributed by atoms with van der Waals surface area (Å²) in [4.78, 5) is 12.2. The molecular formula is C19H20N2O2. The standard InChI is InChI=1S/C19H20N2O2/c1-13-5-3-4-6-16(13)19(23)20-10-9-14-12-21(2)18-8-7-15(22)11-17(14)18/h3-8,11-12,22H,9-10H2,1-2H3,(H,20,23). The average molecular weight is 308 g/mol. The third kappa shape index (κ3) is 3.06. The first-order chi connectivity index (χ1) is 11.1. The topological polar surface area (TPSA) is 54.3 Å². The maximum absolute atomic E-state index is 12.2. The molecular weight excluding hydrogens is 288 g/mol. The first kappa shape index (κ1) is 15.2. The SMILES string of the molecule is Cc1ccccc1C(=O)NCCc1cn(C)c2ccc(O)cc12. The van der Waals surface area contributed by atoms with E-state index in [-0.39, 0.29) is 11.7 Å². The number of fused-ring (bicyclic) bond motifs is 1. The summed E-state index contributed by atoms with van der Waals surface area (Å²) in [6.07, 6.45) is 2.77. The summed E-state index contributed by atoms with van der Waals surface area (Å²) >= 11 is 0. The predicted molar refractivity (Wildman–Crippen MR) is 91.8 cm³/mol. The number of nitrogens with zero attached hydrogens (tertiary/aromatic N) is 1. The number of hydrogen-bond donors (Lipinski definition) is 2. The average Bonchev–Trinajstić information content (AvgIpc) is 2.83. The Morgan fingerprint density at radius 1 is 1.22 bits per heavy atom. The first-order valence-electron chi connectivity index (χ1n) is 7.67. The molecule has 118 valence electrons. The van der Waals surface area contributed by atoms with Crippen LogP contribution in [-0.2, 0) is 13.5 Å². The number of aromatic nitrogens is 1. The lowest BCUT2D eigenvalue weighted by Crippen LogP contribution is -2.26. The van der Waals surface area contributed by atoms with Crippen LogP contribution in [0.1, 0.15) is 21.5 Å². The highest BCUT2D eigenvalue weighted by molar-refractivity contribution is 5.95. The maximum atomic E-state index is 12.2. The number of aryl methyl sites for hydroxylation is 2. The largest absolute Gasteiger partial charge is 0.508 e. The normalized spacial score (nSPS) is 10.9. The van der Waals surface area contributed by atoms with E-state index in [4.69, 9.17) is 0 Å². The molecule has 0 atom stereocenters. The summed E-state index contributed by atoms with van der Waals surface area (Å²) in [6.45, 7) is 2.49. The number of carbonyl (C=O) groups excluding carboxylic acids is 1. The highest BCUT2D eigenvalue weighted by Gasteiger charge is 2.10. The Morgan fingerprint density at radius 2 is 2.00 bits per heavy atom. The molecule has 0 aliphatic rings. The Kier molecular flexibility index (Phi) is 4.06. The predicted octanol–water partition coefficient (Wildman–Crippen LogP) is 3.16. The van der Waals surface area contributed by atoms with Crippen molar-refractivity contribution in [2.24, 2.45) is 7.05 Å². The van der Waals surface area contributed by atoms with Gasteiger partial charge in [-0.2, -0.15) is 0 Å². The maximum Gasteiger partial charge on any atom is 0.251 e. The van der Waals surface area contributed by atoms with Crippen LogP contribution >= 0.6 is 0 Å². The molecule has 2 aromatic carbocycles. The molecule has 1 amide bonds. The molecule has 4 heteroatoms. The van der Waals surface area contributed by atoms with E-state index >= 15 is 0 Å². The van der Waals surface area contributed by atoms with Crippen molar-refractivity contribution in [3.8, 4) is 5.75 Å².